The number of phenols is 1. The Kier molecular flexibility index (Phi) is 9.98. The molecule has 0 spiro atoms. The molecule has 0 heterocycles. The highest BCUT2D eigenvalue weighted by Gasteiger charge is 2.47. The van der Waals surface area contributed by atoms with Crippen molar-refractivity contribution in [3.8, 4) is 11.5 Å². The van der Waals surface area contributed by atoms with Crippen LogP contribution in [0.4, 0.5) is 26.3 Å². The van der Waals surface area contributed by atoms with Crippen molar-refractivity contribution in [1.82, 2.24) is 5.01 Å². The second-order valence-electron chi connectivity index (χ2n) is 9.08. The molecular weight excluding hydrogens is 526 g/mol. The normalized spacial score (nSPS) is 21.0. The number of ether oxygens (including phenoxy) is 1. The fourth-order valence-electron chi connectivity index (χ4n) is 4.03. The van der Waals surface area contributed by atoms with Crippen molar-refractivity contribution < 1.29 is 41.3 Å². The topological polar surface area (TPSA) is 65.3 Å². The molecule has 0 fully saturated rings. The molecule has 208 valence electrons. The van der Waals surface area contributed by atoms with Crippen LogP contribution in [0.1, 0.15) is 63.0 Å². The van der Waals surface area contributed by atoms with E-state index in [1.54, 1.807) is 0 Å². The van der Waals surface area contributed by atoms with Gasteiger partial charge in [-0.2, -0.15) is 31.4 Å². The number of halogens is 7. The molecule has 0 radical (unpaired) electrons. The Bertz CT molecular complexity index is 1030. The van der Waals surface area contributed by atoms with Gasteiger partial charge >= 0.3 is 12.4 Å². The average Bonchev–Trinajstić information content (AvgIpc) is 2.77. The Morgan fingerprint density at radius 1 is 1.22 bits per heavy atom. The molecule has 2 atom stereocenters. The van der Waals surface area contributed by atoms with Crippen molar-refractivity contribution in [3.63, 3.8) is 0 Å². The molecule has 1 aromatic rings. The monoisotopic (exact) mass is 556 g/mol. The summed E-state index contributed by atoms with van der Waals surface area (Å²) >= 11 is 6.17. The molecule has 37 heavy (non-hydrogen) atoms. The molecule has 0 bridgehead atoms. The Morgan fingerprint density at radius 3 is 2.43 bits per heavy atom. The molecule has 0 saturated carbocycles. The van der Waals surface area contributed by atoms with Crippen molar-refractivity contribution in [3.05, 3.63) is 41.5 Å². The van der Waals surface area contributed by atoms with Gasteiger partial charge in [0.15, 0.2) is 0 Å². The number of nitrogens with zero attached hydrogens (tertiary/aromatic N) is 2. The first-order valence-electron chi connectivity index (χ1n) is 11.6. The lowest BCUT2D eigenvalue weighted by molar-refractivity contribution is -0.0983. The van der Waals surface area contributed by atoms with E-state index in [0.717, 1.165) is 18.0 Å². The van der Waals surface area contributed by atoms with E-state index in [1.807, 2.05) is 0 Å². The first-order valence-corrected chi connectivity index (χ1v) is 12.0. The van der Waals surface area contributed by atoms with Crippen LogP contribution in [0.5, 0.6) is 11.5 Å². The highest BCUT2D eigenvalue weighted by atomic mass is 35.5. The Labute approximate surface area is 217 Å². The number of unbranched alkanes of at least 4 members (excludes halogenated alkanes) is 2. The lowest BCUT2D eigenvalue weighted by Gasteiger charge is -2.35. The van der Waals surface area contributed by atoms with Crippen molar-refractivity contribution in [2.24, 2.45) is 5.10 Å². The summed E-state index contributed by atoms with van der Waals surface area (Å²) in [7, 11) is 1.21. The van der Waals surface area contributed by atoms with E-state index in [1.165, 1.54) is 26.1 Å². The van der Waals surface area contributed by atoms with Crippen molar-refractivity contribution in [2.75, 3.05) is 20.3 Å². The van der Waals surface area contributed by atoms with Crippen molar-refractivity contribution >= 4 is 23.0 Å². The molecule has 0 aliphatic heterocycles. The number of hydrogen-bond acceptors (Lipinski definition) is 5. The fraction of sp³-hybridized carbons (Fsp3) is 0.560. The lowest BCUT2D eigenvalue weighted by Crippen LogP contribution is -2.34. The molecule has 1 aliphatic carbocycles. The minimum absolute atomic E-state index is 0.00924. The summed E-state index contributed by atoms with van der Waals surface area (Å²) in [5.74, 6) is -1.27. The summed E-state index contributed by atoms with van der Waals surface area (Å²) in [5.41, 5.74) is -2.15. The predicted molar refractivity (Wildman–Crippen MR) is 131 cm³/mol. The van der Waals surface area contributed by atoms with Gasteiger partial charge in [-0.05, 0) is 58.1 Å². The second-order valence-corrected chi connectivity index (χ2v) is 9.91. The zero-order chi connectivity index (χ0) is 28.2. The maximum Gasteiger partial charge on any atom is 0.430 e. The van der Waals surface area contributed by atoms with Gasteiger partial charge in [0, 0.05) is 30.7 Å². The van der Waals surface area contributed by atoms with Crippen LogP contribution >= 0.6 is 11.6 Å². The number of alkyl halides is 7. The van der Waals surface area contributed by atoms with Gasteiger partial charge in [0.2, 0.25) is 0 Å². The standard InChI is InChI=1S/C25H31ClF6N2O3/c1-15(34(4)33-16(2)24(27,28)29)18-8-9-19(37-13-7-5-6-12-35)21(22(18)36)17-10-11-23(3,26)20(14-17)25(30,31)32/h8-9,14,17,35-36H,1,5-7,10-13H2,2-4H3/b33-16+. The van der Waals surface area contributed by atoms with Gasteiger partial charge in [0.25, 0.3) is 0 Å². The van der Waals surface area contributed by atoms with Crippen molar-refractivity contribution in [2.45, 2.75) is 69.1 Å². The van der Waals surface area contributed by atoms with Gasteiger partial charge < -0.3 is 14.9 Å². The zero-order valence-electron chi connectivity index (χ0n) is 20.8. The number of rotatable bonds is 10. The molecule has 5 nitrogen and oxygen atoms in total. The third-order valence-corrected chi connectivity index (χ3v) is 6.57. The first kappa shape index (κ1) is 30.8. The van der Waals surface area contributed by atoms with Crippen LogP contribution in [-0.2, 0) is 0 Å². The molecule has 0 amide bonds. The van der Waals surface area contributed by atoms with Crippen LogP contribution in [0.3, 0.4) is 0 Å². The number of aliphatic hydroxyl groups excluding tert-OH is 1. The molecule has 2 N–H and O–H groups in total. The Morgan fingerprint density at radius 2 is 1.86 bits per heavy atom. The van der Waals surface area contributed by atoms with E-state index in [4.69, 9.17) is 21.4 Å². The molecule has 2 rings (SSSR count). The predicted octanol–water partition coefficient (Wildman–Crippen LogP) is 7.14. The summed E-state index contributed by atoms with van der Waals surface area (Å²) in [6.45, 7) is 5.96. The molecule has 0 aromatic heterocycles. The van der Waals surface area contributed by atoms with E-state index in [0.29, 0.717) is 19.3 Å². The fourth-order valence-corrected chi connectivity index (χ4v) is 4.31. The van der Waals surface area contributed by atoms with Gasteiger partial charge in [-0.15, -0.1) is 11.6 Å². The van der Waals surface area contributed by atoms with Crippen LogP contribution in [0, 0.1) is 0 Å². The minimum Gasteiger partial charge on any atom is -0.507 e. The van der Waals surface area contributed by atoms with E-state index in [-0.39, 0.29) is 48.6 Å². The van der Waals surface area contributed by atoms with Crippen LogP contribution in [-0.4, -0.2) is 58.4 Å². The lowest BCUT2D eigenvalue weighted by atomic mass is 9.78. The highest BCUT2D eigenvalue weighted by Crippen LogP contribution is 2.51. The van der Waals surface area contributed by atoms with Crippen LogP contribution in [0.15, 0.2) is 35.5 Å². The average molecular weight is 557 g/mol. The molecule has 1 aromatic carbocycles. The number of hydrazone groups is 1. The molecule has 2 unspecified atom stereocenters. The smallest absolute Gasteiger partial charge is 0.430 e. The van der Waals surface area contributed by atoms with Gasteiger partial charge in [-0.25, -0.2) is 0 Å². The number of aromatic hydroxyl groups is 1. The Balaban J connectivity index is 2.56. The molecular formula is C25H31ClF6N2O3. The quantitative estimate of drug-likeness (QED) is 0.0803. The summed E-state index contributed by atoms with van der Waals surface area (Å²) in [5, 5.41) is 24.4. The number of allylic oxidation sites excluding steroid dienone is 2. The van der Waals surface area contributed by atoms with Gasteiger partial charge in [-0.1, -0.05) is 12.7 Å². The summed E-state index contributed by atoms with van der Waals surface area (Å²) < 4.78 is 85.9. The summed E-state index contributed by atoms with van der Waals surface area (Å²) in [4.78, 5) is -1.65. The van der Waals surface area contributed by atoms with E-state index in [2.05, 4.69) is 11.7 Å². The van der Waals surface area contributed by atoms with E-state index >= 15 is 0 Å². The van der Waals surface area contributed by atoms with Gasteiger partial charge in [0.05, 0.1) is 22.8 Å². The number of aliphatic hydroxyl groups is 1. The molecule has 12 heteroatoms. The second kappa shape index (κ2) is 12.0. The number of phenolic OH excluding ortho intramolecular Hbond substituents is 1. The first-order chi connectivity index (χ1) is 17.0. The third-order valence-electron chi connectivity index (χ3n) is 6.18. The number of hydrogen-bond donors (Lipinski definition) is 2. The summed E-state index contributed by atoms with van der Waals surface area (Å²) in [6, 6.07) is 2.80. The largest absolute Gasteiger partial charge is 0.507 e. The van der Waals surface area contributed by atoms with E-state index < -0.39 is 40.2 Å². The Hall–Kier alpha value is -2.40. The molecule has 0 saturated heterocycles. The van der Waals surface area contributed by atoms with Crippen LogP contribution in [0.25, 0.3) is 5.70 Å². The zero-order valence-corrected chi connectivity index (χ0v) is 21.6. The third kappa shape index (κ3) is 7.80. The van der Waals surface area contributed by atoms with Gasteiger partial charge in [0.1, 0.15) is 17.2 Å². The van der Waals surface area contributed by atoms with E-state index in [9.17, 15) is 31.4 Å². The maximum absolute atomic E-state index is 13.8. The molecule has 1 aliphatic rings. The van der Waals surface area contributed by atoms with Crippen LogP contribution in [0.2, 0.25) is 0 Å². The SMILES string of the molecule is C=C(c1ccc(OCCCCCO)c(C2C=C(C(F)(F)F)C(C)(Cl)CC2)c1O)N(C)/N=C(\C)C(F)(F)F. The highest BCUT2D eigenvalue weighted by molar-refractivity contribution is 6.25. The summed E-state index contributed by atoms with van der Waals surface area (Å²) in [6.07, 6.45) is -6.54. The van der Waals surface area contributed by atoms with Crippen LogP contribution < -0.4 is 4.74 Å². The maximum atomic E-state index is 13.8. The van der Waals surface area contributed by atoms with Crippen molar-refractivity contribution in [1.29, 1.82) is 0 Å². The number of benzene rings is 1. The van der Waals surface area contributed by atoms with Gasteiger partial charge in [-0.3, -0.25) is 5.01 Å². The minimum atomic E-state index is -4.71.